The molecule has 1 aromatic carbocycles. The monoisotopic (exact) mass is 245 g/mol. The predicted octanol–water partition coefficient (Wildman–Crippen LogP) is 3.99. The molecule has 96 valence electrons. The largest absolute Gasteiger partial charge is 0.494 e. The number of hydrogen-bond acceptors (Lipinski definition) is 3. The van der Waals surface area contributed by atoms with Crippen molar-refractivity contribution in [3.8, 4) is 5.75 Å². The molecule has 0 aliphatic carbocycles. The van der Waals surface area contributed by atoms with Gasteiger partial charge in [0.05, 0.1) is 19.4 Å². The highest BCUT2D eigenvalue weighted by Crippen LogP contribution is 2.17. The highest BCUT2D eigenvalue weighted by Gasteiger charge is 2.01. The molecular weight excluding hydrogens is 226 g/mol. The Balaban J connectivity index is 1.88. The Kier molecular flexibility index (Phi) is 4.29. The quantitative estimate of drug-likeness (QED) is 0.835. The Hall–Kier alpha value is -1.90. The van der Waals surface area contributed by atoms with E-state index in [1.807, 2.05) is 37.3 Å². The summed E-state index contributed by atoms with van der Waals surface area (Å²) < 4.78 is 10.9. The van der Waals surface area contributed by atoms with Crippen LogP contribution in [0.3, 0.4) is 0 Å². The Morgan fingerprint density at radius 1 is 1.17 bits per heavy atom. The third-order valence-corrected chi connectivity index (χ3v) is 2.75. The van der Waals surface area contributed by atoms with Gasteiger partial charge in [-0.25, -0.2) is 0 Å². The molecule has 2 rings (SSSR count). The minimum absolute atomic E-state index is 0.702. The number of nitrogens with one attached hydrogen (secondary N) is 1. The lowest BCUT2D eigenvalue weighted by Crippen LogP contribution is -2.00. The van der Waals surface area contributed by atoms with E-state index in [1.54, 1.807) is 6.26 Å². The second-order valence-electron chi connectivity index (χ2n) is 4.25. The fraction of sp³-hybridized carbons (Fsp3) is 0.333. The Morgan fingerprint density at radius 2 is 1.94 bits per heavy atom. The highest BCUT2D eigenvalue weighted by molar-refractivity contribution is 5.46. The van der Waals surface area contributed by atoms with Crippen molar-refractivity contribution in [2.24, 2.45) is 0 Å². The number of ether oxygens (including phenoxy) is 1. The van der Waals surface area contributed by atoms with E-state index in [0.717, 1.165) is 30.2 Å². The van der Waals surface area contributed by atoms with Crippen LogP contribution in [0.25, 0.3) is 0 Å². The van der Waals surface area contributed by atoms with Crippen LogP contribution in [-0.2, 0) is 6.54 Å². The Bertz CT molecular complexity index is 473. The summed E-state index contributed by atoms with van der Waals surface area (Å²) >= 11 is 0. The van der Waals surface area contributed by atoms with E-state index in [-0.39, 0.29) is 0 Å². The van der Waals surface area contributed by atoms with Crippen LogP contribution in [0, 0.1) is 6.92 Å². The van der Waals surface area contributed by atoms with Gasteiger partial charge in [-0.1, -0.05) is 6.92 Å². The van der Waals surface area contributed by atoms with Gasteiger partial charge in [0.25, 0.3) is 0 Å². The van der Waals surface area contributed by atoms with E-state index in [1.165, 1.54) is 5.56 Å². The maximum atomic E-state index is 5.53. The summed E-state index contributed by atoms with van der Waals surface area (Å²) in [4.78, 5) is 0. The van der Waals surface area contributed by atoms with Gasteiger partial charge < -0.3 is 14.5 Å². The lowest BCUT2D eigenvalue weighted by atomic mass is 10.2. The fourth-order valence-corrected chi connectivity index (χ4v) is 1.66. The van der Waals surface area contributed by atoms with Crippen molar-refractivity contribution < 1.29 is 9.15 Å². The van der Waals surface area contributed by atoms with Gasteiger partial charge in [-0.3, -0.25) is 0 Å². The van der Waals surface area contributed by atoms with Crippen LogP contribution >= 0.6 is 0 Å². The summed E-state index contributed by atoms with van der Waals surface area (Å²) in [5, 5.41) is 3.32. The smallest absolute Gasteiger partial charge is 0.125 e. The van der Waals surface area contributed by atoms with Crippen molar-refractivity contribution in [3.63, 3.8) is 0 Å². The first-order valence-corrected chi connectivity index (χ1v) is 6.29. The molecule has 0 spiro atoms. The Morgan fingerprint density at radius 3 is 2.56 bits per heavy atom. The molecule has 0 radical (unpaired) electrons. The molecule has 0 unspecified atom stereocenters. The normalized spacial score (nSPS) is 10.3. The number of anilines is 1. The molecule has 0 fully saturated rings. The second kappa shape index (κ2) is 6.15. The van der Waals surface area contributed by atoms with E-state index >= 15 is 0 Å². The molecule has 2 aromatic rings. The van der Waals surface area contributed by atoms with Crippen molar-refractivity contribution in [1.82, 2.24) is 0 Å². The third-order valence-electron chi connectivity index (χ3n) is 2.75. The molecule has 0 aliphatic rings. The van der Waals surface area contributed by atoms with Gasteiger partial charge in [0.2, 0.25) is 0 Å². The lowest BCUT2D eigenvalue weighted by Gasteiger charge is -2.07. The summed E-state index contributed by atoms with van der Waals surface area (Å²) in [7, 11) is 0. The van der Waals surface area contributed by atoms with Crippen LogP contribution in [0.4, 0.5) is 5.69 Å². The van der Waals surface area contributed by atoms with E-state index in [2.05, 4.69) is 12.2 Å². The SMILES string of the molecule is CCCOc1ccc(NCc2occc2C)cc1. The van der Waals surface area contributed by atoms with Gasteiger partial charge in [-0.2, -0.15) is 0 Å². The van der Waals surface area contributed by atoms with Crippen molar-refractivity contribution in [2.45, 2.75) is 26.8 Å². The first-order chi connectivity index (χ1) is 8.79. The van der Waals surface area contributed by atoms with Crippen molar-refractivity contribution >= 4 is 5.69 Å². The number of aryl methyl sites for hydroxylation is 1. The number of benzene rings is 1. The van der Waals surface area contributed by atoms with E-state index in [4.69, 9.17) is 9.15 Å². The van der Waals surface area contributed by atoms with E-state index < -0.39 is 0 Å². The second-order valence-corrected chi connectivity index (χ2v) is 4.25. The van der Waals surface area contributed by atoms with Crippen LogP contribution in [-0.4, -0.2) is 6.61 Å². The standard InChI is InChI=1S/C15H19NO2/c1-3-9-17-14-6-4-13(5-7-14)16-11-15-12(2)8-10-18-15/h4-8,10,16H,3,9,11H2,1-2H3. The summed E-state index contributed by atoms with van der Waals surface area (Å²) in [6, 6.07) is 9.96. The minimum atomic E-state index is 0.702. The molecule has 0 saturated carbocycles. The van der Waals surface area contributed by atoms with Gasteiger partial charge in [0, 0.05) is 5.69 Å². The highest BCUT2D eigenvalue weighted by atomic mass is 16.5. The maximum Gasteiger partial charge on any atom is 0.125 e. The molecule has 1 aromatic heterocycles. The lowest BCUT2D eigenvalue weighted by molar-refractivity contribution is 0.317. The van der Waals surface area contributed by atoms with Crippen LogP contribution in [0.1, 0.15) is 24.7 Å². The molecule has 0 amide bonds. The molecule has 0 saturated heterocycles. The zero-order valence-electron chi connectivity index (χ0n) is 10.9. The third kappa shape index (κ3) is 3.29. The topological polar surface area (TPSA) is 34.4 Å². The van der Waals surface area contributed by atoms with E-state index in [9.17, 15) is 0 Å². The van der Waals surface area contributed by atoms with Crippen LogP contribution < -0.4 is 10.1 Å². The summed E-state index contributed by atoms with van der Waals surface area (Å²) in [5.41, 5.74) is 2.24. The van der Waals surface area contributed by atoms with Gasteiger partial charge in [0.15, 0.2) is 0 Å². The summed E-state index contributed by atoms with van der Waals surface area (Å²) in [6.45, 7) is 5.61. The molecule has 0 bridgehead atoms. The van der Waals surface area contributed by atoms with Crippen LogP contribution in [0.5, 0.6) is 5.75 Å². The fourth-order valence-electron chi connectivity index (χ4n) is 1.66. The van der Waals surface area contributed by atoms with Crippen LogP contribution in [0.15, 0.2) is 41.0 Å². The van der Waals surface area contributed by atoms with Gasteiger partial charge in [-0.15, -0.1) is 0 Å². The average Bonchev–Trinajstić information content (AvgIpc) is 2.81. The molecule has 3 nitrogen and oxygen atoms in total. The number of rotatable bonds is 6. The molecule has 1 N–H and O–H groups in total. The number of furan rings is 1. The zero-order valence-corrected chi connectivity index (χ0v) is 10.9. The van der Waals surface area contributed by atoms with Crippen molar-refractivity contribution in [3.05, 3.63) is 47.9 Å². The summed E-state index contributed by atoms with van der Waals surface area (Å²) in [6.07, 6.45) is 2.74. The van der Waals surface area contributed by atoms with Crippen molar-refractivity contribution in [1.29, 1.82) is 0 Å². The van der Waals surface area contributed by atoms with Crippen molar-refractivity contribution in [2.75, 3.05) is 11.9 Å². The predicted molar refractivity (Wildman–Crippen MR) is 73.0 cm³/mol. The first-order valence-electron chi connectivity index (χ1n) is 6.29. The molecular formula is C15H19NO2. The number of hydrogen-bond donors (Lipinski definition) is 1. The molecule has 1 heterocycles. The first kappa shape index (κ1) is 12.6. The van der Waals surface area contributed by atoms with Gasteiger partial charge in [0.1, 0.15) is 11.5 Å². The molecule has 0 atom stereocenters. The average molecular weight is 245 g/mol. The van der Waals surface area contributed by atoms with Gasteiger partial charge >= 0.3 is 0 Å². The van der Waals surface area contributed by atoms with E-state index in [0.29, 0.717) is 6.54 Å². The minimum Gasteiger partial charge on any atom is -0.494 e. The van der Waals surface area contributed by atoms with Crippen LogP contribution in [0.2, 0.25) is 0 Å². The maximum absolute atomic E-state index is 5.53. The molecule has 18 heavy (non-hydrogen) atoms. The Labute approximate surface area is 108 Å². The zero-order chi connectivity index (χ0) is 12.8. The summed E-state index contributed by atoms with van der Waals surface area (Å²) in [5.74, 6) is 1.89. The molecule has 0 aliphatic heterocycles. The molecule has 3 heteroatoms. The van der Waals surface area contributed by atoms with Gasteiger partial charge in [-0.05, 0) is 49.2 Å².